The van der Waals surface area contributed by atoms with E-state index in [1.807, 2.05) is 13.8 Å². The number of hydrogen-bond donors (Lipinski definition) is 2. The van der Waals surface area contributed by atoms with Crippen molar-refractivity contribution in [3.05, 3.63) is 0 Å². The Hall–Kier alpha value is -0.130. The molecule has 4 nitrogen and oxygen atoms in total. The van der Waals surface area contributed by atoms with E-state index >= 15 is 0 Å². The maximum Gasteiger partial charge on any atom is 0.233 e. The van der Waals surface area contributed by atoms with Crippen LogP contribution in [0.5, 0.6) is 0 Å². The summed E-state index contributed by atoms with van der Waals surface area (Å²) in [5.41, 5.74) is -0.907. The van der Waals surface area contributed by atoms with Crippen molar-refractivity contribution in [1.82, 2.24) is 5.32 Å². The van der Waals surface area contributed by atoms with E-state index in [0.717, 1.165) is 6.42 Å². The van der Waals surface area contributed by atoms with Crippen LogP contribution in [0.4, 0.5) is 0 Å². The first-order valence-electron chi connectivity index (χ1n) is 5.25. The van der Waals surface area contributed by atoms with E-state index in [9.17, 15) is 9.90 Å². The number of carbonyl (C=O) groups excluding carboxylic acids is 1. The van der Waals surface area contributed by atoms with Crippen molar-refractivity contribution in [3.8, 4) is 0 Å². The molecule has 88 valence electrons. The molecule has 1 saturated heterocycles. The van der Waals surface area contributed by atoms with Gasteiger partial charge in [-0.25, -0.2) is 0 Å². The minimum Gasteiger partial charge on any atom is -0.385 e. The van der Waals surface area contributed by atoms with E-state index in [2.05, 4.69) is 21.2 Å². The van der Waals surface area contributed by atoms with E-state index in [4.69, 9.17) is 4.74 Å². The summed E-state index contributed by atoms with van der Waals surface area (Å²) in [6.45, 7) is 4.56. The SMILES string of the molecule is CCC(Br)C(=O)NCC1(O)CCOC1C. The highest BCUT2D eigenvalue weighted by Gasteiger charge is 2.39. The Morgan fingerprint density at radius 1 is 1.80 bits per heavy atom. The molecule has 3 atom stereocenters. The van der Waals surface area contributed by atoms with Crippen molar-refractivity contribution in [3.63, 3.8) is 0 Å². The smallest absolute Gasteiger partial charge is 0.233 e. The van der Waals surface area contributed by atoms with Gasteiger partial charge in [0.05, 0.1) is 10.9 Å². The number of aliphatic hydroxyl groups is 1. The van der Waals surface area contributed by atoms with Gasteiger partial charge in [0, 0.05) is 19.6 Å². The molecule has 0 aromatic heterocycles. The number of ether oxygens (including phenoxy) is 1. The van der Waals surface area contributed by atoms with Crippen molar-refractivity contribution >= 4 is 21.8 Å². The van der Waals surface area contributed by atoms with Crippen LogP contribution in [-0.4, -0.2) is 40.7 Å². The summed E-state index contributed by atoms with van der Waals surface area (Å²) in [6, 6.07) is 0. The van der Waals surface area contributed by atoms with Gasteiger partial charge in [0.2, 0.25) is 5.91 Å². The van der Waals surface area contributed by atoms with E-state index in [1.54, 1.807) is 0 Å². The highest BCUT2D eigenvalue weighted by molar-refractivity contribution is 9.10. The Balaban J connectivity index is 2.39. The Bertz CT molecular complexity index is 237. The summed E-state index contributed by atoms with van der Waals surface area (Å²) >= 11 is 3.26. The van der Waals surface area contributed by atoms with Crippen LogP contribution >= 0.6 is 15.9 Å². The molecule has 1 aliphatic heterocycles. The molecule has 0 aliphatic carbocycles. The Morgan fingerprint density at radius 2 is 2.47 bits per heavy atom. The second-order valence-electron chi connectivity index (χ2n) is 3.96. The average molecular weight is 280 g/mol. The van der Waals surface area contributed by atoms with Crippen LogP contribution in [0.1, 0.15) is 26.7 Å². The molecule has 1 heterocycles. The molecule has 0 bridgehead atoms. The van der Waals surface area contributed by atoms with E-state index in [-0.39, 0.29) is 23.4 Å². The topological polar surface area (TPSA) is 58.6 Å². The molecule has 5 heteroatoms. The molecule has 0 radical (unpaired) electrons. The van der Waals surface area contributed by atoms with Crippen LogP contribution in [0.25, 0.3) is 0 Å². The maximum absolute atomic E-state index is 11.5. The third-order valence-corrected chi connectivity index (χ3v) is 3.93. The number of hydrogen-bond acceptors (Lipinski definition) is 3. The van der Waals surface area contributed by atoms with Gasteiger partial charge in [0.1, 0.15) is 5.60 Å². The third kappa shape index (κ3) is 3.16. The lowest BCUT2D eigenvalue weighted by Gasteiger charge is -2.26. The Labute approximate surface area is 98.5 Å². The van der Waals surface area contributed by atoms with Crippen molar-refractivity contribution in [2.45, 2.75) is 43.2 Å². The minimum atomic E-state index is -0.907. The van der Waals surface area contributed by atoms with E-state index in [0.29, 0.717) is 13.0 Å². The van der Waals surface area contributed by atoms with Crippen LogP contribution < -0.4 is 5.32 Å². The predicted molar refractivity (Wildman–Crippen MR) is 61.0 cm³/mol. The van der Waals surface area contributed by atoms with Crippen molar-refractivity contribution in [2.24, 2.45) is 0 Å². The normalized spacial score (nSPS) is 32.7. The summed E-state index contributed by atoms with van der Waals surface area (Å²) in [4.78, 5) is 11.3. The number of amides is 1. The van der Waals surface area contributed by atoms with Gasteiger partial charge in [-0.2, -0.15) is 0 Å². The van der Waals surface area contributed by atoms with E-state index in [1.165, 1.54) is 0 Å². The molecule has 1 rings (SSSR count). The largest absolute Gasteiger partial charge is 0.385 e. The number of rotatable bonds is 4. The van der Waals surface area contributed by atoms with Gasteiger partial charge in [0.25, 0.3) is 0 Å². The highest BCUT2D eigenvalue weighted by Crippen LogP contribution is 2.24. The first-order valence-corrected chi connectivity index (χ1v) is 6.17. The zero-order chi connectivity index (χ0) is 11.5. The summed E-state index contributed by atoms with van der Waals surface area (Å²) in [5, 5.41) is 12.8. The van der Waals surface area contributed by atoms with Crippen LogP contribution in [0, 0.1) is 0 Å². The van der Waals surface area contributed by atoms with Crippen LogP contribution in [0.15, 0.2) is 0 Å². The molecule has 1 aliphatic rings. The van der Waals surface area contributed by atoms with Crippen molar-refractivity contribution in [2.75, 3.05) is 13.2 Å². The fourth-order valence-electron chi connectivity index (χ4n) is 1.54. The van der Waals surface area contributed by atoms with Crippen LogP contribution in [0.3, 0.4) is 0 Å². The van der Waals surface area contributed by atoms with Crippen LogP contribution in [0.2, 0.25) is 0 Å². The standard InChI is InChI=1S/C10H18BrNO3/c1-3-8(11)9(13)12-6-10(14)4-5-15-7(10)2/h7-8,14H,3-6H2,1-2H3,(H,12,13). The van der Waals surface area contributed by atoms with Gasteiger partial charge in [0.15, 0.2) is 0 Å². The fraction of sp³-hybridized carbons (Fsp3) is 0.900. The van der Waals surface area contributed by atoms with Gasteiger partial charge < -0.3 is 15.2 Å². The number of carbonyl (C=O) groups is 1. The molecule has 15 heavy (non-hydrogen) atoms. The molecule has 1 fully saturated rings. The van der Waals surface area contributed by atoms with E-state index < -0.39 is 5.60 Å². The summed E-state index contributed by atoms with van der Waals surface area (Å²) in [6.07, 6.45) is 1.09. The number of nitrogens with one attached hydrogen (secondary N) is 1. The molecule has 3 unspecified atom stereocenters. The third-order valence-electron chi connectivity index (χ3n) is 2.87. The summed E-state index contributed by atoms with van der Waals surface area (Å²) in [5.74, 6) is -0.0787. The second kappa shape index (κ2) is 5.27. The Kier molecular flexibility index (Phi) is 4.55. The minimum absolute atomic E-state index is 0.0787. The quantitative estimate of drug-likeness (QED) is 0.749. The van der Waals surface area contributed by atoms with Gasteiger partial charge in [-0.3, -0.25) is 4.79 Å². The molecule has 0 aromatic rings. The number of halogens is 1. The zero-order valence-corrected chi connectivity index (χ0v) is 10.7. The molecular formula is C10H18BrNO3. The second-order valence-corrected chi connectivity index (χ2v) is 5.07. The monoisotopic (exact) mass is 279 g/mol. The van der Waals surface area contributed by atoms with Gasteiger partial charge in [-0.05, 0) is 13.3 Å². The lowest BCUT2D eigenvalue weighted by Crippen LogP contribution is -2.48. The summed E-state index contributed by atoms with van der Waals surface area (Å²) < 4.78 is 5.27. The van der Waals surface area contributed by atoms with Gasteiger partial charge in [-0.1, -0.05) is 22.9 Å². The van der Waals surface area contributed by atoms with Gasteiger partial charge in [-0.15, -0.1) is 0 Å². The predicted octanol–water partition coefficient (Wildman–Crippen LogP) is 0.816. The molecule has 0 spiro atoms. The first kappa shape index (κ1) is 12.9. The molecule has 0 aromatic carbocycles. The number of alkyl halides is 1. The molecular weight excluding hydrogens is 262 g/mol. The highest BCUT2D eigenvalue weighted by atomic mass is 79.9. The lowest BCUT2D eigenvalue weighted by molar-refractivity contribution is -0.122. The first-order chi connectivity index (χ1) is 6.99. The molecule has 0 saturated carbocycles. The van der Waals surface area contributed by atoms with Gasteiger partial charge >= 0.3 is 0 Å². The molecule has 1 amide bonds. The van der Waals surface area contributed by atoms with Crippen molar-refractivity contribution in [1.29, 1.82) is 0 Å². The Morgan fingerprint density at radius 3 is 2.93 bits per heavy atom. The maximum atomic E-state index is 11.5. The molecule has 2 N–H and O–H groups in total. The summed E-state index contributed by atoms with van der Waals surface area (Å²) in [7, 11) is 0. The van der Waals surface area contributed by atoms with Crippen LogP contribution in [-0.2, 0) is 9.53 Å². The lowest BCUT2D eigenvalue weighted by atomic mass is 9.97. The van der Waals surface area contributed by atoms with Crippen molar-refractivity contribution < 1.29 is 14.6 Å². The zero-order valence-electron chi connectivity index (χ0n) is 9.12. The fourth-order valence-corrected chi connectivity index (χ4v) is 1.70. The average Bonchev–Trinajstić information content (AvgIpc) is 2.55.